The molecule has 0 spiro atoms. The van der Waals surface area contributed by atoms with Crippen LogP contribution in [0.25, 0.3) is 0 Å². The molecule has 0 saturated carbocycles. The molecule has 2 bridgehead atoms. The van der Waals surface area contributed by atoms with E-state index in [1.165, 1.54) is 0 Å². The van der Waals surface area contributed by atoms with Gasteiger partial charge in [-0.1, -0.05) is 35.9 Å². The van der Waals surface area contributed by atoms with E-state index < -0.39 is 36.3 Å². The lowest BCUT2D eigenvalue weighted by Crippen LogP contribution is -2.73. The molecule has 8 heteroatoms. The fourth-order valence-corrected chi connectivity index (χ4v) is 4.62. The second-order valence-corrected chi connectivity index (χ2v) is 8.41. The van der Waals surface area contributed by atoms with Crippen molar-refractivity contribution < 1.29 is 34.6 Å². The fraction of sp³-hybridized carbons (Fsp3) is 0.478. The maximum atomic E-state index is 10.9. The van der Waals surface area contributed by atoms with Gasteiger partial charge >= 0.3 is 0 Å². The predicted molar refractivity (Wildman–Crippen MR) is 113 cm³/mol. The van der Waals surface area contributed by atoms with Crippen molar-refractivity contribution in [2.45, 2.75) is 49.5 Å². The molecule has 2 saturated heterocycles. The van der Waals surface area contributed by atoms with Crippen molar-refractivity contribution in [3.05, 3.63) is 64.2 Å². The molecule has 2 aromatic carbocycles. The highest BCUT2D eigenvalue weighted by molar-refractivity contribution is 6.31. The highest BCUT2D eigenvalue weighted by Crippen LogP contribution is 2.49. The summed E-state index contributed by atoms with van der Waals surface area (Å²) in [4.78, 5) is 0. The van der Waals surface area contributed by atoms with E-state index in [0.29, 0.717) is 23.6 Å². The first kappa shape index (κ1) is 22.5. The molecule has 31 heavy (non-hydrogen) atoms. The number of aliphatic hydroxyl groups is 4. The molecule has 2 aromatic rings. The van der Waals surface area contributed by atoms with Gasteiger partial charge in [0.2, 0.25) is 5.79 Å². The molecular weight excluding hydrogens is 424 g/mol. The van der Waals surface area contributed by atoms with Gasteiger partial charge in [-0.25, -0.2) is 0 Å². The van der Waals surface area contributed by atoms with Crippen LogP contribution in [0.5, 0.6) is 5.75 Å². The number of benzene rings is 2. The number of ether oxygens (including phenoxy) is 3. The second kappa shape index (κ2) is 8.67. The fourth-order valence-electron chi connectivity index (χ4n) is 4.44. The summed E-state index contributed by atoms with van der Waals surface area (Å²) in [6.07, 6.45) is -3.77. The zero-order valence-electron chi connectivity index (χ0n) is 17.2. The molecule has 2 fully saturated rings. The Hall–Kier alpha value is -1.71. The zero-order chi connectivity index (χ0) is 22.2. The Morgan fingerprint density at radius 1 is 1.10 bits per heavy atom. The van der Waals surface area contributed by atoms with Crippen molar-refractivity contribution in [1.82, 2.24) is 0 Å². The highest BCUT2D eigenvalue weighted by Gasteiger charge is 2.63. The highest BCUT2D eigenvalue weighted by atomic mass is 35.5. The van der Waals surface area contributed by atoms with Crippen molar-refractivity contribution in [2.75, 3.05) is 19.8 Å². The first-order valence-corrected chi connectivity index (χ1v) is 10.7. The molecule has 2 aliphatic heterocycles. The molecule has 0 radical (unpaired) electrons. The van der Waals surface area contributed by atoms with Crippen LogP contribution in [0.3, 0.4) is 0 Å². The van der Waals surface area contributed by atoms with E-state index in [2.05, 4.69) is 0 Å². The van der Waals surface area contributed by atoms with E-state index in [-0.39, 0.29) is 13.0 Å². The maximum absolute atomic E-state index is 10.9. The largest absolute Gasteiger partial charge is 0.494 e. The normalized spacial score (nSPS) is 32.6. The van der Waals surface area contributed by atoms with Gasteiger partial charge in [-0.05, 0) is 48.2 Å². The number of hydrogen-bond donors (Lipinski definition) is 4. The minimum Gasteiger partial charge on any atom is -0.494 e. The molecule has 2 heterocycles. The molecule has 4 N–H and O–H groups in total. The van der Waals surface area contributed by atoms with Gasteiger partial charge in [0.25, 0.3) is 0 Å². The quantitative estimate of drug-likeness (QED) is 0.531. The Bertz CT molecular complexity index is 921. The molecule has 0 aliphatic carbocycles. The maximum Gasteiger partial charge on any atom is 0.222 e. The van der Waals surface area contributed by atoms with Gasteiger partial charge < -0.3 is 34.6 Å². The molecule has 5 atom stereocenters. The topological polar surface area (TPSA) is 109 Å². The van der Waals surface area contributed by atoms with Gasteiger partial charge in [-0.2, -0.15) is 0 Å². The predicted octanol–water partition coefficient (Wildman–Crippen LogP) is 1.75. The van der Waals surface area contributed by atoms with Crippen LogP contribution in [0, 0.1) is 0 Å². The number of hydrogen-bond acceptors (Lipinski definition) is 7. The number of rotatable bonds is 6. The van der Waals surface area contributed by atoms with Gasteiger partial charge in [0.1, 0.15) is 36.3 Å². The van der Waals surface area contributed by atoms with E-state index in [0.717, 1.165) is 16.9 Å². The van der Waals surface area contributed by atoms with Crippen LogP contribution >= 0.6 is 11.6 Å². The first-order chi connectivity index (χ1) is 14.8. The Kier molecular flexibility index (Phi) is 6.29. The van der Waals surface area contributed by atoms with Gasteiger partial charge in [0.15, 0.2) is 0 Å². The van der Waals surface area contributed by atoms with E-state index in [1.807, 2.05) is 37.3 Å². The Morgan fingerprint density at radius 3 is 2.52 bits per heavy atom. The minimum atomic E-state index is -1.80. The summed E-state index contributed by atoms with van der Waals surface area (Å²) < 4.78 is 17.0. The molecule has 168 valence electrons. The van der Waals surface area contributed by atoms with Crippen LogP contribution in [-0.2, 0) is 21.5 Å². The van der Waals surface area contributed by atoms with E-state index in [9.17, 15) is 20.4 Å². The lowest BCUT2D eigenvalue weighted by Gasteiger charge is -2.57. The van der Waals surface area contributed by atoms with Crippen molar-refractivity contribution in [2.24, 2.45) is 0 Å². The van der Waals surface area contributed by atoms with Crippen molar-refractivity contribution in [3.8, 4) is 5.75 Å². The summed E-state index contributed by atoms with van der Waals surface area (Å²) in [7, 11) is 0. The van der Waals surface area contributed by atoms with Crippen molar-refractivity contribution in [3.63, 3.8) is 0 Å². The summed E-state index contributed by atoms with van der Waals surface area (Å²) in [5.41, 5.74) is 1.09. The molecular formula is C23H27ClO7. The first-order valence-electron chi connectivity index (χ1n) is 10.3. The zero-order valence-corrected chi connectivity index (χ0v) is 18.0. The van der Waals surface area contributed by atoms with E-state index in [1.54, 1.807) is 12.1 Å². The van der Waals surface area contributed by atoms with Gasteiger partial charge in [-0.3, -0.25) is 0 Å². The SMILES string of the molecule is CCOc1ccc(Cc2cc([C@]34CCO[C@](CO)(O3)[C@@H](O)[C@H](O)[C@H]4O)ccc2Cl)cc1. The van der Waals surface area contributed by atoms with Crippen LogP contribution in [0.2, 0.25) is 5.02 Å². The molecule has 2 aliphatic rings. The van der Waals surface area contributed by atoms with E-state index in [4.69, 9.17) is 25.8 Å². The summed E-state index contributed by atoms with van der Waals surface area (Å²) in [6.45, 7) is 2.00. The number of aliphatic hydroxyl groups excluding tert-OH is 4. The van der Waals surface area contributed by atoms with Gasteiger partial charge in [-0.15, -0.1) is 0 Å². The average Bonchev–Trinajstić information content (AvgIpc) is 2.79. The monoisotopic (exact) mass is 450 g/mol. The second-order valence-electron chi connectivity index (χ2n) is 8.00. The lowest BCUT2D eigenvalue weighted by atomic mass is 9.75. The van der Waals surface area contributed by atoms with Crippen LogP contribution in [-0.4, -0.2) is 64.3 Å². The standard InChI is InChI=1S/C23H27ClO7/c1-2-29-17-6-3-14(4-7-17)11-15-12-16(5-8-18(15)24)22-9-10-30-23(13-25,31-22)21(28)19(26)20(22)27/h3-8,12,19-21,25-28H,2,9-11,13H2,1H3/t19-,20-,21+,22+,23-/m1/s1. The van der Waals surface area contributed by atoms with Crippen molar-refractivity contribution in [1.29, 1.82) is 0 Å². The summed E-state index contributed by atoms with van der Waals surface area (Å²) >= 11 is 6.46. The summed E-state index contributed by atoms with van der Waals surface area (Å²) in [6, 6.07) is 13.0. The average molecular weight is 451 g/mol. The van der Waals surface area contributed by atoms with Crippen LogP contribution in [0.4, 0.5) is 0 Å². The van der Waals surface area contributed by atoms with Crippen molar-refractivity contribution >= 4 is 11.6 Å². The minimum absolute atomic E-state index is 0.137. The molecule has 4 rings (SSSR count). The van der Waals surface area contributed by atoms with Crippen LogP contribution in [0.15, 0.2) is 42.5 Å². The number of halogens is 1. The molecule has 7 nitrogen and oxygen atoms in total. The summed E-state index contributed by atoms with van der Waals surface area (Å²) in [5.74, 6) is -1.01. The van der Waals surface area contributed by atoms with E-state index >= 15 is 0 Å². The van der Waals surface area contributed by atoms with Gasteiger partial charge in [0.05, 0.1) is 13.2 Å². The molecule has 0 unspecified atom stereocenters. The Morgan fingerprint density at radius 2 is 1.84 bits per heavy atom. The lowest BCUT2D eigenvalue weighted by molar-refractivity contribution is -0.430. The number of fused-ring (bicyclic) bond motifs is 2. The Labute approximate surface area is 185 Å². The molecule has 0 amide bonds. The smallest absolute Gasteiger partial charge is 0.222 e. The third-order valence-corrected chi connectivity index (χ3v) is 6.50. The third-order valence-electron chi connectivity index (χ3n) is 6.13. The van der Waals surface area contributed by atoms with Crippen LogP contribution in [0.1, 0.15) is 30.0 Å². The summed E-state index contributed by atoms with van der Waals surface area (Å²) in [5, 5.41) is 42.2. The molecule has 0 aromatic heterocycles. The Balaban J connectivity index is 1.68. The van der Waals surface area contributed by atoms with Crippen LogP contribution < -0.4 is 4.74 Å². The third kappa shape index (κ3) is 3.85. The van der Waals surface area contributed by atoms with Gasteiger partial charge in [0, 0.05) is 11.4 Å².